The number of benzene rings is 2. The summed E-state index contributed by atoms with van der Waals surface area (Å²) in [6, 6.07) is 14.2. The van der Waals surface area contributed by atoms with Crippen LogP contribution in [0.1, 0.15) is 18.9 Å². The van der Waals surface area contributed by atoms with Gasteiger partial charge in [-0.3, -0.25) is 14.0 Å². The van der Waals surface area contributed by atoms with E-state index < -0.39 is 0 Å². The summed E-state index contributed by atoms with van der Waals surface area (Å²) in [5.74, 6) is -0.0325. The molecule has 34 heavy (non-hydrogen) atoms. The van der Waals surface area contributed by atoms with E-state index in [0.717, 1.165) is 48.2 Å². The summed E-state index contributed by atoms with van der Waals surface area (Å²) < 4.78 is 23.8. The zero-order valence-corrected chi connectivity index (χ0v) is 19.6. The summed E-state index contributed by atoms with van der Waals surface area (Å²) in [5.41, 5.74) is 3.15. The molecule has 0 radical (unpaired) electrons. The van der Waals surface area contributed by atoms with Crippen molar-refractivity contribution in [3.8, 4) is 17.0 Å². The summed E-state index contributed by atoms with van der Waals surface area (Å²) in [6.45, 7) is 6.79. The van der Waals surface area contributed by atoms with E-state index in [4.69, 9.17) is 4.42 Å². The molecule has 6 nitrogen and oxygen atoms in total. The molecule has 0 atom stereocenters. The molecule has 174 valence electrons. The fraction of sp³-hybridized carbons (Fsp3) is 0.259. The van der Waals surface area contributed by atoms with Crippen molar-refractivity contribution in [2.24, 2.45) is 0 Å². The largest absolute Gasteiger partial charge is 0.456 e. The molecule has 0 aliphatic rings. The SMILES string of the molecule is CCCN(C)CCn1ncc2cc(-n3ccc4oc(-c5ccc(C)cc5F)cc4c3=O)ccc21. The van der Waals surface area contributed by atoms with Gasteiger partial charge in [0.25, 0.3) is 5.56 Å². The maximum atomic E-state index is 14.4. The molecular weight excluding hydrogens is 431 g/mol. The molecule has 5 rings (SSSR count). The molecule has 0 unspecified atom stereocenters. The van der Waals surface area contributed by atoms with Gasteiger partial charge < -0.3 is 9.32 Å². The molecule has 0 fully saturated rings. The van der Waals surface area contributed by atoms with Gasteiger partial charge in [-0.05, 0) is 75.0 Å². The monoisotopic (exact) mass is 458 g/mol. The van der Waals surface area contributed by atoms with E-state index in [0.29, 0.717) is 22.3 Å². The Hall–Kier alpha value is -3.71. The summed E-state index contributed by atoms with van der Waals surface area (Å²) in [5, 5.41) is 5.92. The highest BCUT2D eigenvalue weighted by Gasteiger charge is 2.15. The molecule has 3 heterocycles. The van der Waals surface area contributed by atoms with Crippen LogP contribution in [0.3, 0.4) is 0 Å². The van der Waals surface area contributed by atoms with E-state index >= 15 is 0 Å². The summed E-state index contributed by atoms with van der Waals surface area (Å²) in [6.07, 6.45) is 4.64. The Morgan fingerprint density at radius 3 is 2.74 bits per heavy atom. The second-order valence-corrected chi connectivity index (χ2v) is 8.78. The van der Waals surface area contributed by atoms with Crippen molar-refractivity contribution in [1.29, 1.82) is 0 Å². The average molecular weight is 459 g/mol. The average Bonchev–Trinajstić information content (AvgIpc) is 3.42. The van der Waals surface area contributed by atoms with Crippen LogP contribution in [-0.2, 0) is 6.54 Å². The van der Waals surface area contributed by atoms with Gasteiger partial charge in [0.1, 0.15) is 17.2 Å². The topological polar surface area (TPSA) is 56.2 Å². The third kappa shape index (κ3) is 4.03. The minimum absolute atomic E-state index is 0.215. The van der Waals surface area contributed by atoms with Gasteiger partial charge in [0.2, 0.25) is 0 Å². The first-order valence-corrected chi connectivity index (χ1v) is 11.5. The number of aromatic nitrogens is 3. The van der Waals surface area contributed by atoms with Gasteiger partial charge >= 0.3 is 0 Å². The highest BCUT2D eigenvalue weighted by Crippen LogP contribution is 2.29. The second kappa shape index (κ2) is 8.91. The fourth-order valence-corrected chi connectivity index (χ4v) is 4.35. The summed E-state index contributed by atoms with van der Waals surface area (Å²) >= 11 is 0. The van der Waals surface area contributed by atoms with Crippen LogP contribution in [0.15, 0.2) is 70.1 Å². The van der Waals surface area contributed by atoms with Gasteiger partial charge in [0, 0.05) is 23.8 Å². The number of pyridine rings is 1. The van der Waals surface area contributed by atoms with Crippen LogP contribution in [0.5, 0.6) is 0 Å². The van der Waals surface area contributed by atoms with Crippen molar-refractivity contribution in [3.63, 3.8) is 0 Å². The number of hydrogen-bond acceptors (Lipinski definition) is 4. The highest BCUT2D eigenvalue weighted by molar-refractivity contribution is 5.84. The summed E-state index contributed by atoms with van der Waals surface area (Å²) in [4.78, 5) is 15.6. The quantitative estimate of drug-likeness (QED) is 0.328. The Bertz CT molecular complexity index is 1550. The lowest BCUT2D eigenvalue weighted by molar-refractivity contribution is 0.315. The van der Waals surface area contributed by atoms with Crippen LogP contribution in [0.25, 0.3) is 38.9 Å². The first kappa shape index (κ1) is 22.1. The standard InChI is InChI=1S/C27H27FN4O2/c1-4-10-30(3)12-13-32-24-8-6-20(15-19(24)17-29-32)31-11-9-25-22(27(31)33)16-26(34-25)21-7-5-18(2)14-23(21)28/h5-9,11,14-17H,4,10,12-13H2,1-3H3. The fourth-order valence-electron chi connectivity index (χ4n) is 4.35. The maximum Gasteiger partial charge on any atom is 0.266 e. The number of likely N-dealkylation sites (N-methyl/N-ethyl adjacent to an activating group) is 1. The Morgan fingerprint density at radius 1 is 1.09 bits per heavy atom. The Labute approximate surface area is 196 Å². The molecule has 0 bridgehead atoms. The van der Waals surface area contributed by atoms with Gasteiger partial charge in [0.05, 0.1) is 29.2 Å². The van der Waals surface area contributed by atoms with Gasteiger partial charge in [0.15, 0.2) is 0 Å². The van der Waals surface area contributed by atoms with Gasteiger partial charge in [-0.15, -0.1) is 0 Å². The maximum absolute atomic E-state index is 14.4. The van der Waals surface area contributed by atoms with Crippen LogP contribution in [0.2, 0.25) is 0 Å². The Morgan fingerprint density at radius 2 is 1.94 bits per heavy atom. The minimum atomic E-state index is -0.372. The molecule has 0 N–H and O–H groups in total. The predicted molar refractivity (Wildman–Crippen MR) is 133 cm³/mol. The van der Waals surface area contributed by atoms with Gasteiger partial charge in [-0.25, -0.2) is 4.39 Å². The van der Waals surface area contributed by atoms with E-state index in [1.165, 1.54) is 6.07 Å². The van der Waals surface area contributed by atoms with Crippen molar-refractivity contribution in [2.75, 3.05) is 20.1 Å². The number of furan rings is 1. The second-order valence-electron chi connectivity index (χ2n) is 8.78. The third-order valence-corrected chi connectivity index (χ3v) is 6.18. The third-order valence-electron chi connectivity index (χ3n) is 6.18. The number of nitrogens with zero attached hydrogens (tertiary/aromatic N) is 4. The van der Waals surface area contributed by atoms with E-state index in [-0.39, 0.29) is 11.4 Å². The van der Waals surface area contributed by atoms with Crippen molar-refractivity contribution in [3.05, 3.63) is 82.7 Å². The molecule has 0 spiro atoms. The van der Waals surface area contributed by atoms with E-state index in [9.17, 15) is 9.18 Å². The molecule has 2 aromatic carbocycles. The first-order chi connectivity index (χ1) is 16.4. The number of aryl methyl sites for hydroxylation is 1. The lowest BCUT2D eigenvalue weighted by Crippen LogP contribution is -2.24. The van der Waals surface area contributed by atoms with Gasteiger partial charge in [-0.2, -0.15) is 5.10 Å². The first-order valence-electron chi connectivity index (χ1n) is 11.5. The van der Waals surface area contributed by atoms with Crippen molar-refractivity contribution in [2.45, 2.75) is 26.8 Å². The van der Waals surface area contributed by atoms with Crippen LogP contribution < -0.4 is 5.56 Å². The molecule has 0 saturated carbocycles. The smallest absolute Gasteiger partial charge is 0.266 e. The van der Waals surface area contributed by atoms with Gasteiger partial charge in [-0.1, -0.05) is 13.0 Å². The molecule has 0 aliphatic carbocycles. The molecule has 3 aromatic heterocycles. The lowest BCUT2D eigenvalue weighted by atomic mass is 10.1. The van der Waals surface area contributed by atoms with E-state index in [1.54, 1.807) is 29.0 Å². The zero-order valence-electron chi connectivity index (χ0n) is 19.6. The molecule has 5 aromatic rings. The number of fused-ring (bicyclic) bond motifs is 2. The lowest BCUT2D eigenvalue weighted by Gasteiger charge is -2.15. The van der Waals surface area contributed by atoms with E-state index in [2.05, 4.69) is 24.0 Å². The molecule has 0 saturated heterocycles. The Kier molecular flexibility index (Phi) is 5.79. The predicted octanol–water partition coefficient (Wildman–Crippen LogP) is 5.39. The molecule has 0 amide bonds. The zero-order chi connectivity index (χ0) is 23.8. The molecular formula is C27H27FN4O2. The van der Waals surface area contributed by atoms with Crippen molar-refractivity contribution < 1.29 is 8.81 Å². The van der Waals surface area contributed by atoms with Crippen molar-refractivity contribution >= 4 is 21.9 Å². The van der Waals surface area contributed by atoms with Crippen LogP contribution in [0, 0.1) is 12.7 Å². The Balaban J connectivity index is 1.48. The van der Waals surface area contributed by atoms with Crippen LogP contribution in [-0.4, -0.2) is 39.4 Å². The van der Waals surface area contributed by atoms with Crippen LogP contribution >= 0.6 is 0 Å². The number of halogens is 1. The molecule has 7 heteroatoms. The van der Waals surface area contributed by atoms with Crippen LogP contribution in [0.4, 0.5) is 4.39 Å². The minimum Gasteiger partial charge on any atom is -0.456 e. The highest BCUT2D eigenvalue weighted by atomic mass is 19.1. The number of rotatable bonds is 7. The van der Waals surface area contributed by atoms with Crippen molar-refractivity contribution in [1.82, 2.24) is 19.2 Å². The normalized spacial score (nSPS) is 11.8. The number of hydrogen-bond donors (Lipinski definition) is 0. The van der Waals surface area contributed by atoms with E-state index in [1.807, 2.05) is 42.1 Å². The summed E-state index contributed by atoms with van der Waals surface area (Å²) in [7, 11) is 2.12. The molecule has 0 aliphatic heterocycles.